The van der Waals surface area contributed by atoms with Gasteiger partial charge in [-0.05, 0) is 61.2 Å². The Morgan fingerprint density at radius 3 is 2.71 bits per heavy atom. The summed E-state index contributed by atoms with van der Waals surface area (Å²) in [5.74, 6) is 2.94. The lowest BCUT2D eigenvalue weighted by Crippen LogP contribution is -2.49. The van der Waals surface area contributed by atoms with Crippen LogP contribution in [0.25, 0.3) is 33.5 Å². The van der Waals surface area contributed by atoms with Gasteiger partial charge in [-0.3, -0.25) is 4.79 Å². The summed E-state index contributed by atoms with van der Waals surface area (Å²) in [5.41, 5.74) is 10.5. The number of anilines is 1. The van der Waals surface area contributed by atoms with E-state index in [-0.39, 0.29) is 23.8 Å². The first-order valence-electron chi connectivity index (χ1n) is 15.2. The largest absolute Gasteiger partial charge is 0.494 e. The normalized spacial score (nSPS) is 21.1. The number of benzene rings is 2. The van der Waals surface area contributed by atoms with Gasteiger partial charge in [-0.2, -0.15) is 5.26 Å². The smallest absolute Gasteiger partial charge is 0.254 e. The van der Waals surface area contributed by atoms with Gasteiger partial charge < -0.3 is 29.4 Å². The Balaban J connectivity index is 1.20. The number of piperidine rings is 1. The molecule has 228 valence electrons. The van der Waals surface area contributed by atoms with Crippen molar-refractivity contribution in [2.75, 3.05) is 31.6 Å². The van der Waals surface area contributed by atoms with Gasteiger partial charge in [0.2, 0.25) is 5.82 Å². The number of hydrogen-bond acceptors (Lipinski definition) is 8. The molecule has 2 bridgehead atoms. The van der Waals surface area contributed by atoms with Crippen molar-refractivity contribution >= 4 is 45.3 Å². The molecule has 12 heteroatoms. The summed E-state index contributed by atoms with van der Waals surface area (Å²) < 4.78 is 10.3. The zero-order valence-corrected chi connectivity index (χ0v) is 25.8. The molecular formula is C33H32ClN9O2. The standard InChI is InChI=1S/C33H32ClN9O2/c1-40-24-6-4-22(34)9-20(24)11-26(40)32-38-23-10-21(33(44)42-17-19-3-5-25(42)30(19)36)12-27(45-2)31(23)43(32)16-18-14-41(15-18)29-7-8-37-28(13-35)39-29/h4,6-12,18-19,25,30H,3,5,14-17,36H2,1-2H3/t19-,25-,30-/m1/s1. The number of aromatic nitrogens is 5. The van der Waals surface area contributed by atoms with Crippen LogP contribution in [0.5, 0.6) is 5.75 Å². The van der Waals surface area contributed by atoms with Gasteiger partial charge in [0.05, 0.1) is 18.3 Å². The number of nitrogens with zero attached hydrogens (tertiary/aromatic N) is 8. The molecule has 8 rings (SSSR count). The van der Waals surface area contributed by atoms with Crippen LogP contribution in [0, 0.1) is 23.2 Å². The van der Waals surface area contributed by atoms with Gasteiger partial charge in [-0.15, -0.1) is 0 Å². The molecule has 5 heterocycles. The molecule has 0 radical (unpaired) electrons. The van der Waals surface area contributed by atoms with Crippen LogP contribution in [-0.4, -0.2) is 73.7 Å². The third-order valence-electron chi connectivity index (χ3n) is 9.88. The van der Waals surface area contributed by atoms with Crippen LogP contribution in [0.2, 0.25) is 5.02 Å². The second-order valence-electron chi connectivity index (χ2n) is 12.4. The van der Waals surface area contributed by atoms with Crippen LogP contribution in [0.15, 0.2) is 48.7 Å². The third kappa shape index (κ3) is 4.42. The summed E-state index contributed by atoms with van der Waals surface area (Å²) in [6.45, 7) is 2.91. The predicted molar refractivity (Wildman–Crippen MR) is 171 cm³/mol. The van der Waals surface area contributed by atoms with Crippen LogP contribution in [0.3, 0.4) is 0 Å². The molecule has 3 aromatic heterocycles. The highest BCUT2D eigenvalue weighted by molar-refractivity contribution is 6.31. The monoisotopic (exact) mass is 621 g/mol. The minimum atomic E-state index is -0.0237. The van der Waals surface area contributed by atoms with Crippen molar-refractivity contribution in [2.24, 2.45) is 24.6 Å². The maximum Gasteiger partial charge on any atom is 0.254 e. The van der Waals surface area contributed by atoms with E-state index in [4.69, 9.17) is 27.1 Å². The highest BCUT2D eigenvalue weighted by atomic mass is 35.5. The Hall–Kier alpha value is -4.66. The lowest BCUT2D eigenvalue weighted by Gasteiger charge is -2.40. The number of fused-ring (bicyclic) bond motifs is 4. The van der Waals surface area contributed by atoms with Crippen molar-refractivity contribution in [1.82, 2.24) is 29.0 Å². The van der Waals surface area contributed by atoms with Gasteiger partial charge in [-0.1, -0.05) is 11.6 Å². The van der Waals surface area contributed by atoms with Crippen LogP contribution in [-0.2, 0) is 13.6 Å². The van der Waals surface area contributed by atoms with Crippen LogP contribution >= 0.6 is 11.6 Å². The fraction of sp³-hybridized carbons (Fsp3) is 0.364. The lowest BCUT2D eigenvalue weighted by atomic mass is 9.99. The van der Waals surface area contributed by atoms with E-state index in [0.717, 1.165) is 59.7 Å². The molecule has 2 aliphatic heterocycles. The second-order valence-corrected chi connectivity index (χ2v) is 12.9. The molecule has 3 fully saturated rings. The van der Waals surface area contributed by atoms with Crippen LogP contribution in [0.1, 0.15) is 29.0 Å². The van der Waals surface area contributed by atoms with Crippen molar-refractivity contribution < 1.29 is 9.53 Å². The van der Waals surface area contributed by atoms with Crippen molar-refractivity contribution in [1.29, 1.82) is 5.26 Å². The highest BCUT2D eigenvalue weighted by Crippen LogP contribution is 2.40. The Labute approximate surface area is 264 Å². The Morgan fingerprint density at radius 2 is 1.98 bits per heavy atom. The number of hydrogen-bond donors (Lipinski definition) is 1. The zero-order chi connectivity index (χ0) is 31.0. The lowest BCUT2D eigenvalue weighted by molar-refractivity contribution is 0.0700. The first-order chi connectivity index (χ1) is 21.8. The average Bonchev–Trinajstić information content (AvgIpc) is 3.77. The van der Waals surface area contributed by atoms with Crippen molar-refractivity contribution in [3.05, 3.63) is 65.1 Å². The van der Waals surface area contributed by atoms with E-state index < -0.39 is 0 Å². The van der Waals surface area contributed by atoms with Gasteiger partial charge in [0, 0.05) is 78.9 Å². The number of methoxy groups -OCH3 is 1. The number of rotatable bonds is 6. The minimum absolute atomic E-state index is 0.0237. The Morgan fingerprint density at radius 1 is 1.13 bits per heavy atom. The molecule has 2 N–H and O–H groups in total. The van der Waals surface area contributed by atoms with E-state index in [0.29, 0.717) is 46.8 Å². The molecule has 2 saturated heterocycles. The Bertz CT molecular complexity index is 2040. The van der Waals surface area contributed by atoms with Crippen LogP contribution in [0.4, 0.5) is 5.82 Å². The second kappa shape index (κ2) is 10.5. The summed E-state index contributed by atoms with van der Waals surface area (Å²) in [5, 5.41) is 10.9. The molecule has 1 aliphatic carbocycles. The molecule has 11 nitrogen and oxygen atoms in total. The highest BCUT2D eigenvalue weighted by Gasteiger charge is 2.47. The summed E-state index contributed by atoms with van der Waals surface area (Å²) in [4.78, 5) is 31.5. The number of nitriles is 1. The summed E-state index contributed by atoms with van der Waals surface area (Å²) in [7, 11) is 3.67. The summed E-state index contributed by atoms with van der Waals surface area (Å²) >= 11 is 6.35. The molecule has 2 aromatic carbocycles. The van der Waals surface area contributed by atoms with Gasteiger partial charge in [-0.25, -0.2) is 15.0 Å². The number of halogens is 1. The van der Waals surface area contributed by atoms with E-state index in [1.54, 1.807) is 13.3 Å². The summed E-state index contributed by atoms with van der Waals surface area (Å²) in [6.07, 6.45) is 3.65. The van der Waals surface area contributed by atoms with E-state index in [1.165, 1.54) is 0 Å². The molecule has 1 amide bonds. The molecular weight excluding hydrogens is 590 g/mol. The fourth-order valence-electron chi connectivity index (χ4n) is 7.57. The van der Waals surface area contributed by atoms with E-state index in [2.05, 4.69) is 30.1 Å². The quantitative estimate of drug-likeness (QED) is 0.298. The molecule has 0 spiro atoms. The predicted octanol–water partition coefficient (Wildman–Crippen LogP) is 4.22. The number of imidazole rings is 1. The fourth-order valence-corrected chi connectivity index (χ4v) is 7.76. The molecule has 1 saturated carbocycles. The average molecular weight is 622 g/mol. The zero-order valence-electron chi connectivity index (χ0n) is 25.0. The minimum Gasteiger partial charge on any atom is -0.494 e. The number of likely N-dealkylation sites (tertiary alicyclic amines) is 1. The molecule has 5 aromatic rings. The molecule has 3 atom stereocenters. The summed E-state index contributed by atoms with van der Waals surface area (Å²) in [6, 6.07) is 15.7. The van der Waals surface area contributed by atoms with Gasteiger partial charge in [0.25, 0.3) is 5.91 Å². The molecule has 0 unspecified atom stereocenters. The van der Waals surface area contributed by atoms with Crippen molar-refractivity contribution in [3.63, 3.8) is 0 Å². The van der Waals surface area contributed by atoms with E-state index >= 15 is 0 Å². The van der Waals surface area contributed by atoms with E-state index in [1.807, 2.05) is 54.4 Å². The first-order valence-corrected chi connectivity index (χ1v) is 15.6. The maximum atomic E-state index is 13.8. The Kier molecular flexibility index (Phi) is 6.48. The topological polar surface area (TPSA) is 131 Å². The first kappa shape index (κ1) is 27.9. The molecule has 3 aliphatic rings. The number of ether oxygens (including phenoxy) is 1. The number of amides is 1. The van der Waals surface area contributed by atoms with Crippen molar-refractivity contribution in [3.8, 4) is 23.3 Å². The van der Waals surface area contributed by atoms with Crippen LogP contribution < -0.4 is 15.4 Å². The number of carbonyl (C=O) groups excluding carboxylic acids is 1. The number of aryl methyl sites for hydroxylation is 1. The van der Waals surface area contributed by atoms with Gasteiger partial charge in [0.15, 0.2) is 5.82 Å². The third-order valence-corrected chi connectivity index (χ3v) is 10.1. The SMILES string of the molecule is COc1cc(C(=O)N2C[C@H]3CC[C@@H]2[C@@H]3N)cc2nc(-c3cc4cc(Cl)ccc4n3C)n(CC3CN(c4ccnc(C#N)n4)C3)c12. The van der Waals surface area contributed by atoms with Gasteiger partial charge >= 0.3 is 0 Å². The molecule has 45 heavy (non-hydrogen) atoms. The van der Waals surface area contributed by atoms with Gasteiger partial charge in [0.1, 0.15) is 23.2 Å². The van der Waals surface area contributed by atoms with E-state index in [9.17, 15) is 10.1 Å². The van der Waals surface area contributed by atoms with Crippen molar-refractivity contribution in [2.45, 2.75) is 31.5 Å². The number of nitrogens with two attached hydrogens (primary N) is 1. The number of carbonyl (C=O) groups is 1. The maximum absolute atomic E-state index is 13.8.